The first-order chi connectivity index (χ1) is 8.07. The summed E-state index contributed by atoms with van der Waals surface area (Å²) in [5.41, 5.74) is 10.1. The zero-order chi connectivity index (χ0) is 14.1. The van der Waals surface area contributed by atoms with Crippen molar-refractivity contribution < 1.29 is 9.59 Å². The quantitative estimate of drug-likeness (QED) is 0.768. The van der Waals surface area contributed by atoms with Gasteiger partial charge in [-0.15, -0.1) is 0 Å². The van der Waals surface area contributed by atoms with Crippen LogP contribution in [0.15, 0.2) is 0 Å². The molecule has 1 atom stereocenters. The van der Waals surface area contributed by atoms with Gasteiger partial charge in [0.25, 0.3) is 0 Å². The van der Waals surface area contributed by atoms with E-state index in [1.807, 2.05) is 27.7 Å². The smallest absolute Gasteiger partial charge is 0.230 e. The number of carbonyl (C=O) groups excluding carboxylic acids is 2. The number of hydrogen-bond donors (Lipinski definition) is 2. The summed E-state index contributed by atoms with van der Waals surface area (Å²) in [5.74, 6) is -0.544. The van der Waals surface area contributed by atoms with Crippen molar-refractivity contribution >= 4 is 11.8 Å². The zero-order valence-corrected chi connectivity index (χ0v) is 11.8. The van der Waals surface area contributed by atoms with Gasteiger partial charge < -0.3 is 16.4 Å². The summed E-state index contributed by atoms with van der Waals surface area (Å²) in [6.07, 6.45) is 1.59. The van der Waals surface area contributed by atoms with E-state index in [0.717, 1.165) is 12.8 Å². The largest absolute Gasteiger partial charge is 0.369 e. The molecule has 1 heterocycles. The number of carbonyl (C=O) groups is 2. The van der Waals surface area contributed by atoms with Crippen LogP contribution < -0.4 is 11.5 Å². The van der Waals surface area contributed by atoms with E-state index in [1.54, 1.807) is 4.90 Å². The maximum Gasteiger partial charge on any atom is 0.230 e. The van der Waals surface area contributed by atoms with Crippen LogP contribution in [0.25, 0.3) is 0 Å². The normalized spacial score (nSPS) is 21.8. The lowest BCUT2D eigenvalue weighted by atomic mass is 9.73. The first kappa shape index (κ1) is 15.0. The molecule has 1 unspecified atom stereocenters. The Morgan fingerprint density at radius 1 is 1.22 bits per heavy atom. The topological polar surface area (TPSA) is 89.4 Å². The number of nitrogens with two attached hydrogens (primary N) is 2. The predicted molar refractivity (Wildman–Crippen MR) is 70.5 cm³/mol. The molecular formula is C13H25N3O2. The lowest BCUT2D eigenvalue weighted by Gasteiger charge is -2.42. The first-order valence-electron chi connectivity index (χ1n) is 6.45. The van der Waals surface area contributed by atoms with E-state index in [9.17, 15) is 9.59 Å². The van der Waals surface area contributed by atoms with Crippen LogP contribution in [0.3, 0.4) is 0 Å². The summed E-state index contributed by atoms with van der Waals surface area (Å²) in [6, 6.07) is 0. The minimum Gasteiger partial charge on any atom is -0.369 e. The second-order valence-corrected chi connectivity index (χ2v) is 6.34. The number of hydrogen-bond acceptors (Lipinski definition) is 3. The maximum atomic E-state index is 12.5. The second-order valence-electron chi connectivity index (χ2n) is 6.34. The fourth-order valence-corrected chi connectivity index (χ4v) is 2.06. The monoisotopic (exact) mass is 255 g/mol. The van der Waals surface area contributed by atoms with Crippen molar-refractivity contribution in [1.82, 2.24) is 4.90 Å². The van der Waals surface area contributed by atoms with E-state index in [0.29, 0.717) is 13.1 Å². The minimum atomic E-state index is -0.660. The summed E-state index contributed by atoms with van der Waals surface area (Å²) in [6.45, 7) is 8.50. The lowest BCUT2D eigenvalue weighted by molar-refractivity contribution is -0.146. The second kappa shape index (κ2) is 4.88. The van der Waals surface area contributed by atoms with Gasteiger partial charge in [0.2, 0.25) is 11.8 Å². The molecule has 104 valence electrons. The van der Waals surface area contributed by atoms with Crippen molar-refractivity contribution in [2.24, 2.45) is 22.8 Å². The van der Waals surface area contributed by atoms with E-state index < -0.39 is 11.0 Å². The van der Waals surface area contributed by atoms with Crippen molar-refractivity contribution in [1.29, 1.82) is 0 Å². The van der Waals surface area contributed by atoms with Crippen LogP contribution in [0.4, 0.5) is 0 Å². The Hall–Kier alpha value is -1.10. The summed E-state index contributed by atoms with van der Waals surface area (Å²) < 4.78 is 0. The van der Waals surface area contributed by atoms with Crippen LogP contribution in [0.1, 0.15) is 40.5 Å². The summed E-state index contributed by atoms with van der Waals surface area (Å²) in [7, 11) is 0. The van der Waals surface area contributed by atoms with E-state index in [2.05, 4.69) is 0 Å². The van der Waals surface area contributed by atoms with Gasteiger partial charge in [-0.1, -0.05) is 0 Å². The van der Waals surface area contributed by atoms with Gasteiger partial charge in [0.1, 0.15) is 0 Å². The molecule has 0 spiro atoms. The van der Waals surface area contributed by atoms with E-state index in [4.69, 9.17) is 11.5 Å². The Labute approximate surface area is 109 Å². The van der Waals surface area contributed by atoms with Gasteiger partial charge in [-0.05, 0) is 40.5 Å². The van der Waals surface area contributed by atoms with Gasteiger partial charge >= 0.3 is 0 Å². The molecule has 1 saturated heterocycles. The molecule has 5 nitrogen and oxygen atoms in total. The molecule has 0 aliphatic carbocycles. The highest BCUT2D eigenvalue weighted by Gasteiger charge is 2.43. The fraction of sp³-hybridized carbons (Fsp3) is 0.846. The highest BCUT2D eigenvalue weighted by molar-refractivity contribution is 5.84. The molecule has 1 fully saturated rings. The average molecular weight is 255 g/mol. The Kier molecular flexibility index (Phi) is 4.05. The number of piperidine rings is 1. The Morgan fingerprint density at radius 2 is 1.78 bits per heavy atom. The van der Waals surface area contributed by atoms with Crippen LogP contribution in [-0.4, -0.2) is 35.3 Å². The molecule has 1 aliphatic rings. The molecule has 0 bridgehead atoms. The van der Waals surface area contributed by atoms with Gasteiger partial charge in [0, 0.05) is 18.6 Å². The van der Waals surface area contributed by atoms with Crippen molar-refractivity contribution in [3.05, 3.63) is 0 Å². The molecule has 2 amide bonds. The molecule has 0 aromatic carbocycles. The standard InChI is InChI=1S/C13H25N3O2/c1-12(2,13(3,4)15)11(18)16-7-5-6-9(8-16)10(14)17/h9H,5-8,15H2,1-4H3,(H2,14,17). The summed E-state index contributed by atoms with van der Waals surface area (Å²) in [5, 5.41) is 0. The molecule has 5 heteroatoms. The van der Waals surface area contributed by atoms with Crippen LogP contribution in [-0.2, 0) is 9.59 Å². The highest BCUT2D eigenvalue weighted by Crippen LogP contribution is 2.32. The van der Waals surface area contributed by atoms with Crippen molar-refractivity contribution in [3.63, 3.8) is 0 Å². The third kappa shape index (κ3) is 2.83. The van der Waals surface area contributed by atoms with Crippen LogP contribution in [0.2, 0.25) is 0 Å². The molecule has 0 aromatic rings. The van der Waals surface area contributed by atoms with Gasteiger partial charge in [-0.25, -0.2) is 0 Å². The number of amides is 2. The molecule has 0 radical (unpaired) electrons. The SMILES string of the molecule is CC(C)(N)C(C)(C)C(=O)N1CCCC(C(N)=O)C1. The Bertz CT molecular complexity index is 345. The number of nitrogens with zero attached hydrogens (tertiary/aromatic N) is 1. The molecule has 4 N–H and O–H groups in total. The van der Waals surface area contributed by atoms with E-state index in [1.165, 1.54) is 0 Å². The number of rotatable bonds is 3. The van der Waals surface area contributed by atoms with Crippen LogP contribution >= 0.6 is 0 Å². The van der Waals surface area contributed by atoms with Crippen molar-refractivity contribution in [2.45, 2.75) is 46.1 Å². The number of likely N-dealkylation sites (tertiary alicyclic amines) is 1. The van der Waals surface area contributed by atoms with Gasteiger partial charge in [0.15, 0.2) is 0 Å². The molecule has 1 rings (SSSR count). The molecule has 18 heavy (non-hydrogen) atoms. The Morgan fingerprint density at radius 3 is 2.22 bits per heavy atom. The molecule has 1 aliphatic heterocycles. The summed E-state index contributed by atoms with van der Waals surface area (Å²) in [4.78, 5) is 25.5. The molecular weight excluding hydrogens is 230 g/mol. The zero-order valence-electron chi connectivity index (χ0n) is 11.8. The molecule has 0 aromatic heterocycles. The van der Waals surface area contributed by atoms with Gasteiger partial charge in [-0.2, -0.15) is 0 Å². The average Bonchev–Trinajstić information content (AvgIpc) is 2.26. The van der Waals surface area contributed by atoms with E-state index in [-0.39, 0.29) is 17.7 Å². The third-order valence-electron chi connectivity index (χ3n) is 4.26. The van der Waals surface area contributed by atoms with E-state index >= 15 is 0 Å². The fourth-order valence-electron chi connectivity index (χ4n) is 2.06. The van der Waals surface area contributed by atoms with Crippen LogP contribution in [0, 0.1) is 11.3 Å². The predicted octanol–water partition coefficient (Wildman–Crippen LogP) is 0.474. The third-order valence-corrected chi connectivity index (χ3v) is 4.26. The van der Waals surface area contributed by atoms with Crippen molar-refractivity contribution in [3.8, 4) is 0 Å². The molecule has 0 saturated carbocycles. The minimum absolute atomic E-state index is 0.000880. The summed E-state index contributed by atoms with van der Waals surface area (Å²) >= 11 is 0. The lowest BCUT2D eigenvalue weighted by Crippen LogP contribution is -2.58. The van der Waals surface area contributed by atoms with Gasteiger partial charge in [-0.3, -0.25) is 9.59 Å². The maximum absolute atomic E-state index is 12.5. The highest BCUT2D eigenvalue weighted by atomic mass is 16.2. The van der Waals surface area contributed by atoms with Gasteiger partial charge in [0.05, 0.1) is 11.3 Å². The number of primary amides is 1. The van der Waals surface area contributed by atoms with Crippen molar-refractivity contribution in [2.75, 3.05) is 13.1 Å². The van der Waals surface area contributed by atoms with Crippen LogP contribution in [0.5, 0.6) is 0 Å². The first-order valence-corrected chi connectivity index (χ1v) is 6.45. The Balaban J connectivity index is 2.82.